The van der Waals surface area contributed by atoms with Gasteiger partial charge in [-0.2, -0.15) is 0 Å². The summed E-state index contributed by atoms with van der Waals surface area (Å²) >= 11 is 0. The number of hydrogen-bond acceptors (Lipinski definition) is 5. The topological polar surface area (TPSA) is 105 Å². The fourth-order valence-corrected chi connectivity index (χ4v) is 2.14. The van der Waals surface area contributed by atoms with E-state index in [0.717, 1.165) is 0 Å². The van der Waals surface area contributed by atoms with Gasteiger partial charge in [0.15, 0.2) is 0 Å². The zero-order valence-electron chi connectivity index (χ0n) is 8.21. The van der Waals surface area contributed by atoms with E-state index in [0.29, 0.717) is 0 Å². The molecule has 0 bridgehead atoms. The standard InChI is InChI=1S/C8H13N3O3S/c1-6(12)5-11-15(13,14)7-3-2-4-10-8(7)9/h2-4,6,11-12H,5H2,1H3,(H2,9,10)/t6-/m1/s1. The lowest BCUT2D eigenvalue weighted by Crippen LogP contribution is -2.31. The van der Waals surface area contributed by atoms with Gasteiger partial charge < -0.3 is 10.8 Å². The van der Waals surface area contributed by atoms with E-state index in [9.17, 15) is 8.42 Å². The maximum atomic E-state index is 11.6. The Morgan fingerprint density at radius 3 is 2.87 bits per heavy atom. The molecule has 0 amide bonds. The molecule has 1 heterocycles. The lowest BCUT2D eigenvalue weighted by atomic mass is 10.4. The Morgan fingerprint density at radius 1 is 1.67 bits per heavy atom. The van der Waals surface area contributed by atoms with E-state index < -0.39 is 16.1 Å². The number of rotatable bonds is 4. The molecule has 0 saturated carbocycles. The van der Waals surface area contributed by atoms with Crippen molar-refractivity contribution >= 4 is 15.8 Å². The number of hydrogen-bond donors (Lipinski definition) is 3. The van der Waals surface area contributed by atoms with Gasteiger partial charge in [0.2, 0.25) is 10.0 Å². The average Bonchev–Trinajstić information content (AvgIpc) is 2.15. The van der Waals surface area contributed by atoms with Crippen LogP contribution in [-0.4, -0.2) is 31.2 Å². The highest BCUT2D eigenvalue weighted by atomic mass is 32.2. The summed E-state index contributed by atoms with van der Waals surface area (Å²) < 4.78 is 25.4. The van der Waals surface area contributed by atoms with Crippen molar-refractivity contribution in [3.63, 3.8) is 0 Å². The maximum absolute atomic E-state index is 11.6. The van der Waals surface area contributed by atoms with Crippen molar-refractivity contribution in [2.45, 2.75) is 17.9 Å². The van der Waals surface area contributed by atoms with Gasteiger partial charge in [-0.25, -0.2) is 18.1 Å². The van der Waals surface area contributed by atoms with Crippen molar-refractivity contribution in [1.29, 1.82) is 0 Å². The fourth-order valence-electron chi connectivity index (χ4n) is 0.938. The van der Waals surface area contributed by atoms with Gasteiger partial charge in [-0.1, -0.05) is 0 Å². The van der Waals surface area contributed by atoms with Gasteiger partial charge in [0.05, 0.1) is 6.10 Å². The third kappa shape index (κ3) is 3.15. The van der Waals surface area contributed by atoms with Crippen LogP contribution in [0.5, 0.6) is 0 Å². The third-order valence-electron chi connectivity index (χ3n) is 1.66. The molecule has 15 heavy (non-hydrogen) atoms. The van der Waals surface area contributed by atoms with Gasteiger partial charge in [0.1, 0.15) is 10.7 Å². The van der Waals surface area contributed by atoms with Crippen LogP contribution in [0, 0.1) is 0 Å². The highest BCUT2D eigenvalue weighted by Gasteiger charge is 2.17. The molecule has 1 aromatic rings. The zero-order valence-corrected chi connectivity index (χ0v) is 9.03. The summed E-state index contributed by atoms with van der Waals surface area (Å²) in [7, 11) is -3.68. The second kappa shape index (κ2) is 4.56. The number of aliphatic hydroxyl groups is 1. The summed E-state index contributed by atoms with van der Waals surface area (Å²) in [5.74, 6) is -0.0596. The first-order valence-corrected chi connectivity index (χ1v) is 5.80. The van der Waals surface area contributed by atoms with E-state index in [1.807, 2.05) is 0 Å². The second-order valence-corrected chi connectivity index (χ2v) is 4.82. The number of pyridine rings is 1. The number of aromatic nitrogens is 1. The molecule has 6 nitrogen and oxygen atoms in total. The zero-order chi connectivity index (χ0) is 11.5. The summed E-state index contributed by atoms with van der Waals surface area (Å²) in [5.41, 5.74) is 5.42. The molecule has 0 unspecified atom stereocenters. The van der Waals surface area contributed by atoms with Crippen LogP contribution in [0.25, 0.3) is 0 Å². The van der Waals surface area contributed by atoms with Crippen LogP contribution in [-0.2, 0) is 10.0 Å². The summed E-state index contributed by atoms with van der Waals surface area (Å²) in [5, 5.41) is 8.96. The summed E-state index contributed by atoms with van der Waals surface area (Å²) in [6.07, 6.45) is 0.654. The molecular formula is C8H13N3O3S. The number of anilines is 1. The Balaban J connectivity index is 2.92. The maximum Gasteiger partial charge on any atom is 0.244 e. The second-order valence-electron chi connectivity index (χ2n) is 3.09. The van der Waals surface area contributed by atoms with Gasteiger partial charge in [0, 0.05) is 12.7 Å². The Labute approximate surface area is 88.2 Å². The lowest BCUT2D eigenvalue weighted by molar-refractivity contribution is 0.198. The van der Waals surface area contributed by atoms with Crippen LogP contribution >= 0.6 is 0 Å². The molecule has 1 aromatic heterocycles. The molecule has 0 aliphatic heterocycles. The Morgan fingerprint density at radius 2 is 2.33 bits per heavy atom. The van der Waals surface area contributed by atoms with E-state index in [-0.39, 0.29) is 17.3 Å². The number of nitrogen functional groups attached to an aromatic ring is 1. The van der Waals surface area contributed by atoms with Crippen LogP contribution in [0.1, 0.15) is 6.92 Å². The summed E-state index contributed by atoms with van der Waals surface area (Å²) in [6, 6.07) is 2.83. The van der Waals surface area contributed by atoms with Gasteiger partial charge >= 0.3 is 0 Å². The Kier molecular flexibility index (Phi) is 3.61. The molecule has 1 rings (SSSR count). The predicted molar refractivity (Wildman–Crippen MR) is 55.5 cm³/mol. The lowest BCUT2D eigenvalue weighted by Gasteiger charge is -2.09. The smallest absolute Gasteiger partial charge is 0.244 e. The average molecular weight is 231 g/mol. The molecule has 7 heteroatoms. The van der Waals surface area contributed by atoms with Crippen molar-refractivity contribution in [2.75, 3.05) is 12.3 Å². The van der Waals surface area contributed by atoms with Crippen LogP contribution in [0.4, 0.5) is 5.82 Å². The monoisotopic (exact) mass is 231 g/mol. The minimum atomic E-state index is -3.68. The number of nitrogens with two attached hydrogens (primary N) is 1. The SMILES string of the molecule is C[C@@H](O)CNS(=O)(=O)c1cccnc1N. The van der Waals surface area contributed by atoms with Gasteiger partial charge in [-0.05, 0) is 19.1 Å². The van der Waals surface area contributed by atoms with Gasteiger partial charge in [-0.15, -0.1) is 0 Å². The van der Waals surface area contributed by atoms with Crippen LogP contribution in [0.3, 0.4) is 0 Å². The molecule has 0 fully saturated rings. The van der Waals surface area contributed by atoms with Crippen LogP contribution in [0.15, 0.2) is 23.2 Å². The molecule has 0 radical (unpaired) electrons. The summed E-state index contributed by atoms with van der Waals surface area (Å²) in [6.45, 7) is 1.42. The molecule has 0 aliphatic rings. The third-order valence-corrected chi connectivity index (χ3v) is 3.13. The molecule has 0 aromatic carbocycles. The van der Waals surface area contributed by atoms with Crippen molar-refractivity contribution < 1.29 is 13.5 Å². The number of sulfonamides is 1. The van der Waals surface area contributed by atoms with E-state index in [1.165, 1.54) is 25.3 Å². The molecular weight excluding hydrogens is 218 g/mol. The highest BCUT2D eigenvalue weighted by molar-refractivity contribution is 7.89. The first kappa shape index (κ1) is 11.9. The quantitative estimate of drug-likeness (QED) is 0.637. The van der Waals surface area contributed by atoms with Gasteiger partial charge in [-0.3, -0.25) is 0 Å². The number of nitrogens with one attached hydrogen (secondary N) is 1. The summed E-state index contributed by atoms with van der Waals surface area (Å²) in [4.78, 5) is 3.59. The Hall–Kier alpha value is -1.18. The molecule has 84 valence electrons. The van der Waals surface area contributed by atoms with E-state index >= 15 is 0 Å². The molecule has 0 aliphatic carbocycles. The molecule has 0 saturated heterocycles. The van der Waals surface area contributed by atoms with Crippen molar-refractivity contribution in [1.82, 2.24) is 9.71 Å². The van der Waals surface area contributed by atoms with Crippen molar-refractivity contribution in [2.24, 2.45) is 0 Å². The minimum Gasteiger partial charge on any atom is -0.392 e. The number of nitrogens with zero attached hydrogens (tertiary/aromatic N) is 1. The largest absolute Gasteiger partial charge is 0.392 e. The van der Waals surface area contributed by atoms with Crippen LogP contribution in [0.2, 0.25) is 0 Å². The predicted octanol–water partition coefficient (Wildman–Crippen LogP) is -0.677. The van der Waals surface area contributed by atoms with Crippen molar-refractivity contribution in [3.8, 4) is 0 Å². The first-order valence-electron chi connectivity index (χ1n) is 4.31. The van der Waals surface area contributed by atoms with Crippen LogP contribution < -0.4 is 10.5 Å². The minimum absolute atomic E-state index is 0.0589. The highest BCUT2D eigenvalue weighted by Crippen LogP contribution is 2.13. The Bertz CT molecular complexity index is 431. The van der Waals surface area contributed by atoms with E-state index in [2.05, 4.69) is 9.71 Å². The molecule has 1 atom stereocenters. The first-order chi connectivity index (χ1) is 6.93. The normalized spacial score (nSPS) is 13.7. The van der Waals surface area contributed by atoms with Gasteiger partial charge in [0.25, 0.3) is 0 Å². The van der Waals surface area contributed by atoms with E-state index in [1.54, 1.807) is 0 Å². The fraction of sp³-hybridized carbons (Fsp3) is 0.375. The molecule has 4 N–H and O–H groups in total. The number of aliphatic hydroxyl groups excluding tert-OH is 1. The van der Waals surface area contributed by atoms with E-state index in [4.69, 9.17) is 10.8 Å². The van der Waals surface area contributed by atoms with Crippen molar-refractivity contribution in [3.05, 3.63) is 18.3 Å². The molecule has 0 spiro atoms.